The number of aromatic nitrogens is 5. The number of carbonyl (C=O) groups excluding carboxylic acids is 1. The lowest BCUT2D eigenvalue weighted by Gasteiger charge is -2.08. The zero-order chi connectivity index (χ0) is 18.7. The first-order chi connectivity index (χ1) is 12.5. The Morgan fingerprint density at radius 1 is 1.38 bits per heavy atom. The van der Waals surface area contributed by atoms with E-state index >= 15 is 0 Å². The van der Waals surface area contributed by atoms with Crippen molar-refractivity contribution in [1.82, 2.24) is 25.2 Å². The van der Waals surface area contributed by atoms with Crippen LogP contribution in [0.3, 0.4) is 0 Å². The van der Waals surface area contributed by atoms with Crippen LogP contribution in [0, 0.1) is 32.1 Å². The van der Waals surface area contributed by atoms with E-state index in [1.807, 2.05) is 50.4 Å². The average molecular weight is 384 g/mol. The molecule has 3 aromatic rings. The first-order valence-corrected chi connectivity index (χ1v) is 9.69. The SMILES string of the molecule is Cc1ccc(-n2nnnc2SCC(=O)[C@H](C#N)c2nc(C)cs2)c(C)c1. The molecule has 0 N–H and O–H groups in total. The summed E-state index contributed by atoms with van der Waals surface area (Å²) in [5, 5.41) is 24.0. The van der Waals surface area contributed by atoms with Gasteiger partial charge in [-0.15, -0.1) is 16.4 Å². The van der Waals surface area contributed by atoms with Gasteiger partial charge in [-0.05, 0) is 42.8 Å². The van der Waals surface area contributed by atoms with Crippen LogP contribution >= 0.6 is 23.1 Å². The first kappa shape index (κ1) is 18.2. The summed E-state index contributed by atoms with van der Waals surface area (Å²) >= 11 is 2.55. The second-order valence-corrected chi connectivity index (χ2v) is 7.64. The number of tetrazole rings is 1. The maximum Gasteiger partial charge on any atom is 0.214 e. The van der Waals surface area contributed by atoms with Gasteiger partial charge in [-0.25, -0.2) is 4.98 Å². The van der Waals surface area contributed by atoms with Crippen LogP contribution in [0.15, 0.2) is 28.7 Å². The van der Waals surface area contributed by atoms with Crippen molar-refractivity contribution in [2.75, 3.05) is 5.75 Å². The summed E-state index contributed by atoms with van der Waals surface area (Å²) in [6.07, 6.45) is 0. The molecule has 0 spiro atoms. The number of benzene rings is 1. The van der Waals surface area contributed by atoms with Gasteiger partial charge >= 0.3 is 0 Å². The molecule has 3 rings (SSSR count). The number of thiazole rings is 1. The Morgan fingerprint density at radius 3 is 2.85 bits per heavy atom. The van der Waals surface area contributed by atoms with E-state index in [9.17, 15) is 10.1 Å². The lowest BCUT2D eigenvalue weighted by Crippen LogP contribution is -2.14. The molecule has 2 heterocycles. The summed E-state index contributed by atoms with van der Waals surface area (Å²) in [6.45, 7) is 5.85. The monoisotopic (exact) mass is 384 g/mol. The van der Waals surface area contributed by atoms with E-state index in [4.69, 9.17) is 0 Å². The van der Waals surface area contributed by atoms with E-state index in [1.54, 1.807) is 4.68 Å². The van der Waals surface area contributed by atoms with Crippen LogP contribution in [0.1, 0.15) is 27.7 Å². The average Bonchev–Trinajstić information content (AvgIpc) is 3.23. The third-order valence-corrected chi connectivity index (χ3v) is 5.67. The molecule has 0 amide bonds. The van der Waals surface area contributed by atoms with Gasteiger partial charge in [0.15, 0.2) is 11.7 Å². The minimum atomic E-state index is -0.855. The molecule has 0 saturated carbocycles. The number of Topliss-reactive ketones (excluding diaryl/α,β-unsaturated/α-hetero) is 1. The van der Waals surface area contributed by atoms with Crippen molar-refractivity contribution in [2.45, 2.75) is 31.8 Å². The number of hydrogen-bond donors (Lipinski definition) is 0. The standard InChI is InChI=1S/C17H16N6OS2/c1-10-4-5-14(11(2)6-10)23-17(20-21-22-23)26-9-15(24)13(7-18)16-19-12(3)8-25-16/h4-6,8,13H,9H2,1-3H3/t13-/m0/s1. The van der Waals surface area contributed by atoms with Crippen LogP contribution in [-0.2, 0) is 4.79 Å². The molecule has 2 aromatic heterocycles. The maximum absolute atomic E-state index is 12.5. The number of aryl methyl sites for hydroxylation is 3. The normalized spacial score (nSPS) is 11.9. The zero-order valence-corrected chi connectivity index (χ0v) is 16.1. The summed E-state index contributed by atoms with van der Waals surface area (Å²) < 4.78 is 1.61. The smallest absolute Gasteiger partial charge is 0.214 e. The van der Waals surface area contributed by atoms with Crippen LogP contribution in [0.4, 0.5) is 0 Å². The Kier molecular flexibility index (Phi) is 5.44. The topological polar surface area (TPSA) is 97.4 Å². The van der Waals surface area contributed by atoms with Crippen LogP contribution < -0.4 is 0 Å². The number of nitriles is 1. The minimum Gasteiger partial charge on any atom is -0.297 e. The van der Waals surface area contributed by atoms with Crippen molar-refractivity contribution in [3.8, 4) is 11.8 Å². The van der Waals surface area contributed by atoms with E-state index in [-0.39, 0.29) is 11.5 Å². The molecule has 7 nitrogen and oxygen atoms in total. The Hall–Kier alpha value is -2.57. The van der Waals surface area contributed by atoms with Gasteiger partial charge in [0, 0.05) is 11.1 Å². The molecule has 0 fully saturated rings. The highest BCUT2D eigenvalue weighted by Crippen LogP contribution is 2.25. The molecule has 0 unspecified atom stereocenters. The van der Waals surface area contributed by atoms with Crippen LogP contribution in [-0.4, -0.2) is 36.7 Å². The third-order valence-electron chi connectivity index (χ3n) is 3.70. The van der Waals surface area contributed by atoms with E-state index in [1.165, 1.54) is 23.1 Å². The highest BCUT2D eigenvalue weighted by Gasteiger charge is 2.24. The molecule has 0 aliphatic carbocycles. The Balaban J connectivity index is 1.76. The van der Waals surface area contributed by atoms with E-state index in [2.05, 4.69) is 20.5 Å². The molecular weight excluding hydrogens is 368 g/mol. The predicted molar refractivity (Wildman–Crippen MR) is 99.6 cm³/mol. The fourth-order valence-corrected chi connectivity index (χ4v) is 4.10. The van der Waals surface area contributed by atoms with Gasteiger partial charge < -0.3 is 0 Å². The van der Waals surface area contributed by atoms with Crippen molar-refractivity contribution in [3.63, 3.8) is 0 Å². The summed E-state index contributed by atoms with van der Waals surface area (Å²) in [5.74, 6) is -0.962. The van der Waals surface area contributed by atoms with Gasteiger partial charge in [0.25, 0.3) is 0 Å². The Morgan fingerprint density at radius 2 is 2.19 bits per heavy atom. The van der Waals surface area contributed by atoms with Gasteiger partial charge in [-0.2, -0.15) is 9.94 Å². The van der Waals surface area contributed by atoms with Crippen molar-refractivity contribution < 1.29 is 4.79 Å². The molecule has 1 atom stereocenters. The molecular formula is C17H16N6OS2. The summed E-state index contributed by atoms with van der Waals surface area (Å²) in [6, 6.07) is 8.03. The van der Waals surface area contributed by atoms with Gasteiger partial charge in [-0.3, -0.25) is 4.79 Å². The van der Waals surface area contributed by atoms with Crippen molar-refractivity contribution in [1.29, 1.82) is 5.26 Å². The largest absolute Gasteiger partial charge is 0.297 e. The molecule has 26 heavy (non-hydrogen) atoms. The zero-order valence-electron chi connectivity index (χ0n) is 14.5. The third kappa shape index (κ3) is 3.81. The Labute approximate surface area is 159 Å². The van der Waals surface area contributed by atoms with Crippen molar-refractivity contribution in [3.05, 3.63) is 45.4 Å². The minimum absolute atomic E-state index is 0.0993. The van der Waals surface area contributed by atoms with Crippen molar-refractivity contribution >= 4 is 28.9 Å². The highest BCUT2D eigenvalue weighted by molar-refractivity contribution is 7.99. The lowest BCUT2D eigenvalue weighted by atomic mass is 10.1. The van der Waals surface area contributed by atoms with Gasteiger partial charge in [0.2, 0.25) is 5.16 Å². The molecule has 0 aliphatic rings. The van der Waals surface area contributed by atoms with Crippen LogP contribution in [0.25, 0.3) is 5.69 Å². The number of thioether (sulfide) groups is 1. The summed E-state index contributed by atoms with van der Waals surface area (Å²) in [7, 11) is 0. The highest BCUT2D eigenvalue weighted by atomic mass is 32.2. The van der Waals surface area contributed by atoms with Gasteiger partial charge in [0.05, 0.1) is 17.5 Å². The predicted octanol–water partition coefficient (Wildman–Crippen LogP) is 3.01. The number of nitrogens with zero attached hydrogens (tertiary/aromatic N) is 6. The van der Waals surface area contributed by atoms with E-state index in [0.29, 0.717) is 10.2 Å². The molecule has 0 saturated heterocycles. The van der Waals surface area contributed by atoms with Gasteiger partial charge in [-0.1, -0.05) is 29.5 Å². The molecule has 132 valence electrons. The quantitative estimate of drug-likeness (QED) is 0.603. The second kappa shape index (κ2) is 7.76. The Bertz CT molecular complexity index is 987. The maximum atomic E-state index is 12.5. The molecule has 0 radical (unpaired) electrons. The van der Waals surface area contributed by atoms with E-state index in [0.717, 1.165) is 22.5 Å². The van der Waals surface area contributed by atoms with Crippen LogP contribution in [0.5, 0.6) is 0 Å². The summed E-state index contributed by atoms with van der Waals surface area (Å²) in [5.41, 5.74) is 3.87. The number of ketones is 1. The molecule has 1 aromatic carbocycles. The molecule has 0 aliphatic heterocycles. The summed E-state index contributed by atoms with van der Waals surface area (Å²) in [4.78, 5) is 16.7. The number of hydrogen-bond acceptors (Lipinski definition) is 8. The lowest BCUT2D eigenvalue weighted by molar-refractivity contribution is -0.116. The second-order valence-electron chi connectivity index (χ2n) is 5.81. The first-order valence-electron chi connectivity index (χ1n) is 7.82. The fraction of sp³-hybridized carbons (Fsp3) is 0.294. The fourth-order valence-electron chi connectivity index (χ4n) is 2.45. The van der Waals surface area contributed by atoms with Crippen LogP contribution in [0.2, 0.25) is 0 Å². The molecule has 0 bridgehead atoms. The number of rotatable bonds is 6. The molecule has 9 heteroatoms. The van der Waals surface area contributed by atoms with Gasteiger partial charge in [0.1, 0.15) is 5.01 Å². The number of carbonyl (C=O) groups is 1. The van der Waals surface area contributed by atoms with Crippen molar-refractivity contribution in [2.24, 2.45) is 0 Å². The van der Waals surface area contributed by atoms with E-state index < -0.39 is 5.92 Å².